The molecule has 0 radical (unpaired) electrons. The van der Waals surface area contributed by atoms with Crippen LogP contribution in [0.4, 0.5) is 17.1 Å². The van der Waals surface area contributed by atoms with Crippen LogP contribution in [0.1, 0.15) is 11.1 Å². The Labute approximate surface area is 169 Å². The number of carbonyl (C=O) groups excluding carboxylic acids is 1. The van der Waals surface area contributed by atoms with Gasteiger partial charge in [0.05, 0.1) is 11.4 Å². The molecule has 0 saturated carbocycles. The minimum Gasteiger partial charge on any atom is -0.454 e. The predicted octanol–water partition coefficient (Wildman–Crippen LogP) is 4.26. The summed E-state index contributed by atoms with van der Waals surface area (Å²) in [5.74, 6) is 1.30. The Morgan fingerprint density at radius 2 is 1.79 bits per heavy atom. The van der Waals surface area contributed by atoms with Gasteiger partial charge < -0.3 is 25.8 Å². The standard InChI is InChI=1S/C23H21N3O3/c24-19-3-1-2-4-20(19)26-23(27)12-9-16-5-7-17(8-6-16)14-25-18-10-11-21-22(13-18)29-15-28-21/h1-13,25H,14-15,24H2,(H,26,27)/b12-9-. The molecule has 0 aliphatic carbocycles. The van der Waals surface area contributed by atoms with Crippen LogP contribution < -0.4 is 25.8 Å². The van der Waals surface area contributed by atoms with E-state index in [1.54, 1.807) is 18.2 Å². The van der Waals surface area contributed by atoms with Crippen molar-refractivity contribution in [2.75, 3.05) is 23.2 Å². The molecule has 0 aromatic heterocycles. The van der Waals surface area contributed by atoms with Crippen molar-refractivity contribution in [1.29, 1.82) is 0 Å². The van der Waals surface area contributed by atoms with E-state index in [9.17, 15) is 4.79 Å². The lowest BCUT2D eigenvalue weighted by Gasteiger charge is -2.08. The van der Waals surface area contributed by atoms with Gasteiger partial charge in [0.1, 0.15) is 0 Å². The molecule has 6 heteroatoms. The Hall–Kier alpha value is -3.93. The summed E-state index contributed by atoms with van der Waals surface area (Å²) in [5, 5.41) is 6.13. The van der Waals surface area contributed by atoms with Gasteiger partial charge in [-0.15, -0.1) is 0 Å². The number of ether oxygens (including phenoxy) is 2. The van der Waals surface area contributed by atoms with Crippen LogP contribution in [0.3, 0.4) is 0 Å². The van der Waals surface area contributed by atoms with Crippen LogP contribution >= 0.6 is 0 Å². The van der Waals surface area contributed by atoms with Crippen molar-refractivity contribution in [3.63, 3.8) is 0 Å². The monoisotopic (exact) mass is 387 g/mol. The van der Waals surface area contributed by atoms with E-state index in [0.29, 0.717) is 17.9 Å². The van der Waals surface area contributed by atoms with Gasteiger partial charge in [-0.25, -0.2) is 0 Å². The Morgan fingerprint density at radius 1 is 1.00 bits per heavy atom. The largest absolute Gasteiger partial charge is 0.454 e. The number of carbonyl (C=O) groups is 1. The van der Waals surface area contributed by atoms with Gasteiger partial charge in [0, 0.05) is 24.4 Å². The summed E-state index contributed by atoms with van der Waals surface area (Å²) in [6.07, 6.45) is 3.26. The zero-order chi connectivity index (χ0) is 20.1. The highest BCUT2D eigenvalue weighted by Gasteiger charge is 2.12. The van der Waals surface area contributed by atoms with Crippen molar-refractivity contribution >= 4 is 29.0 Å². The molecule has 0 spiro atoms. The van der Waals surface area contributed by atoms with Gasteiger partial charge in [-0.1, -0.05) is 36.4 Å². The van der Waals surface area contributed by atoms with Crippen molar-refractivity contribution < 1.29 is 14.3 Å². The smallest absolute Gasteiger partial charge is 0.248 e. The molecule has 1 heterocycles. The van der Waals surface area contributed by atoms with Crippen LogP contribution in [0.15, 0.2) is 72.8 Å². The number of rotatable bonds is 6. The summed E-state index contributed by atoms with van der Waals surface area (Å²) in [6, 6.07) is 20.9. The molecule has 0 saturated heterocycles. The van der Waals surface area contributed by atoms with E-state index in [1.165, 1.54) is 6.08 Å². The molecule has 3 aromatic carbocycles. The van der Waals surface area contributed by atoms with Crippen LogP contribution in [0.5, 0.6) is 11.5 Å². The predicted molar refractivity (Wildman–Crippen MR) is 115 cm³/mol. The molecule has 4 N–H and O–H groups in total. The molecule has 29 heavy (non-hydrogen) atoms. The fourth-order valence-corrected chi connectivity index (χ4v) is 2.91. The van der Waals surface area contributed by atoms with E-state index in [4.69, 9.17) is 15.2 Å². The van der Waals surface area contributed by atoms with E-state index in [0.717, 1.165) is 28.3 Å². The minimum atomic E-state index is -0.226. The lowest BCUT2D eigenvalue weighted by molar-refractivity contribution is -0.111. The van der Waals surface area contributed by atoms with Gasteiger partial charge in [-0.3, -0.25) is 4.79 Å². The maximum Gasteiger partial charge on any atom is 0.248 e. The van der Waals surface area contributed by atoms with Gasteiger partial charge >= 0.3 is 0 Å². The Morgan fingerprint density at radius 3 is 2.62 bits per heavy atom. The molecular formula is C23H21N3O3. The second-order valence-electron chi connectivity index (χ2n) is 6.57. The van der Waals surface area contributed by atoms with Crippen molar-refractivity contribution in [3.8, 4) is 11.5 Å². The zero-order valence-corrected chi connectivity index (χ0v) is 15.7. The van der Waals surface area contributed by atoms with Gasteiger partial charge in [0.15, 0.2) is 11.5 Å². The highest BCUT2D eigenvalue weighted by Crippen LogP contribution is 2.34. The second kappa shape index (κ2) is 8.39. The summed E-state index contributed by atoms with van der Waals surface area (Å²) in [4.78, 5) is 12.1. The minimum absolute atomic E-state index is 0.226. The highest BCUT2D eigenvalue weighted by atomic mass is 16.7. The van der Waals surface area contributed by atoms with Crippen LogP contribution in [-0.2, 0) is 11.3 Å². The molecule has 6 nitrogen and oxygen atoms in total. The van der Waals surface area contributed by atoms with Crippen molar-refractivity contribution in [1.82, 2.24) is 0 Å². The molecule has 0 fully saturated rings. The quantitative estimate of drug-likeness (QED) is 0.435. The van der Waals surface area contributed by atoms with Crippen LogP contribution in [0.25, 0.3) is 6.08 Å². The first-order valence-corrected chi connectivity index (χ1v) is 9.23. The molecule has 1 aliphatic heterocycles. The van der Waals surface area contributed by atoms with Crippen LogP contribution in [0, 0.1) is 0 Å². The van der Waals surface area contributed by atoms with E-state index < -0.39 is 0 Å². The van der Waals surface area contributed by atoms with E-state index >= 15 is 0 Å². The fraction of sp³-hybridized carbons (Fsp3) is 0.0870. The fourth-order valence-electron chi connectivity index (χ4n) is 2.91. The van der Waals surface area contributed by atoms with Gasteiger partial charge in [-0.05, 0) is 41.5 Å². The lowest BCUT2D eigenvalue weighted by Crippen LogP contribution is -2.09. The number of hydrogen-bond donors (Lipinski definition) is 3. The van der Waals surface area contributed by atoms with E-state index in [1.807, 2.05) is 54.6 Å². The summed E-state index contributed by atoms with van der Waals surface area (Å²) in [5.41, 5.74) is 10.0. The van der Waals surface area contributed by atoms with Gasteiger partial charge in [0.2, 0.25) is 12.7 Å². The van der Waals surface area contributed by atoms with E-state index in [2.05, 4.69) is 10.6 Å². The van der Waals surface area contributed by atoms with Crippen molar-refractivity contribution in [2.24, 2.45) is 0 Å². The Bertz CT molecular complexity index is 1050. The van der Waals surface area contributed by atoms with Gasteiger partial charge in [-0.2, -0.15) is 0 Å². The number of para-hydroxylation sites is 2. The summed E-state index contributed by atoms with van der Waals surface area (Å²) in [7, 11) is 0. The zero-order valence-electron chi connectivity index (χ0n) is 15.7. The molecule has 1 amide bonds. The topological polar surface area (TPSA) is 85.6 Å². The molecule has 0 bridgehead atoms. The number of hydrogen-bond acceptors (Lipinski definition) is 5. The summed E-state index contributed by atoms with van der Waals surface area (Å²) >= 11 is 0. The average molecular weight is 387 g/mol. The first-order chi connectivity index (χ1) is 14.2. The number of benzene rings is 3. The molecular weight excluding hydrogens is 366 g/mol. The number of fused-ring (bicyclic) bond motifs is 1. The normalized spacial score (nSPS) is 12.1. The maximum atomic E-state index is 12.1. The molecule has 1 aliphatic rings. The Balaban J connectivity index is 1.31. The Kier molecular flexibility index (Phi) is 5.33. The first kappa shape index (κ1) is 18.4. The molecule has 146 valence electrons. The maximum absolute atomic E-state index is 12.1. The SMILES string of the molecule is Nc1ccccc1NC(=O)/C=C\c1ccc(CNc2ccc3c(c2)OCO3)cc1. The number of amides is 1. The molecule has 4 rings (SSSR count). The van der Waals surface area contributed by atoms with Crippen LogP contribution in [0.2, 0.25) is 0 Å². The third kappa shape index (κ3) is 4.68. The van der Waals surface area contributed by atoms with Gasteiger partial charge in [0.25, 0.3) is 0 Å². The number of anilines is 3. The summed E-state index contributed by atoms with van der Waals surface area (Å²) in [6.45, 7) is 0.946. The number of nitrogen functional groups attached to an aromatic ring is 1. The molecule has 0 unspecified atom stereocenters. The average Bonchev–Trinajstić information content (AvgIpc) is 3.21. The lowest BCUT2D eigenvalue weighted by atomic mass is 10.1. The highest BCUT2D eigenvalue weighted by molar-refractivity contribution is 6.03. The second-order valence-corrected chi connectivity index (χ2v) is 6.57. The van der Waals surface area contributed by atoms with Crippen molar-refractivity contribution in [2.45, 2.75) is 6.54 Å². The first-order valence-electron chi connectivity index (χ1n) is 9.23. The third-order valence-corrected chi connectivity index (χ3v) is 4.49. The summed E-state index contributed by atoms with van der Waals surface area (Å²) < 4.78 is 10.7. The number of nitrogens with two attached hydrogens (primary N) is 1. The third-order valence-electron chi connectivity index (χ3n) is 4.49. The molecule has 3 aromatic rings. The van der Waals surface area contributed by atoms with Crippen LogP contribution in [-0.4, -0.2) is 12.7 Å². The van der Waals surface area contributed by atoms with E-state index in [-0.39, 0.29) is 12.7 Å². The molecule has 0 atom stereocenters. The number of nitrogens with one attached hydrogen (secondary N) is 2. The van der Waals surface area contributed by atoms with Crippen molar-refractivity contribution in [3.05, 3.63) is 83.9 Å².